The SMILES string of the molecule is CC(=O)c1c(O)cc(O)c(-c2c(C)cc(O)c3c2C(=O)c2cccc(O)c2C3=O)c1O[C@@H]1O[C@H](CO)[C@@H](O)[C@H](O)[C@H]1O. The van der Waals surface area contributed by atoms with Gasteiger partial charge >= 0.3 is 0 Å². The number of ketones is 3. The van der Waals surface area contributed by atoms with Gasteiger partial charge in [-0.1, -0.05) is 12.1 Å². The van der Waals surface area contributed by atoms with Gasteiger partial charge in [-0.25, -0.2) is 0 Å². The minimum atomic E-state index is -1.96. The van der Waals surface area contributed by atoms with Gasteiger partial charge in [0.15, 0.2) is 11.6 Å². The number of aliphatic hydroxyl groups excluding tert-OH is 4. The second-order valence-electron chi connectivity index (χ2n) is 10.1. The Hall–Kier alpha value is -4.53. The number of Topliss-reactive ketones (excluding diaryl/α,β-unsaturated/α-hetero) is 1. The van der Waals surface area contributed by atoms with E-state index in [1.165, 1.54) is 25.1 Å². The van der Waals surface area contributed by atoms with E-state index in [2.05, 4.69) is 0 Å². The number of hydrogen-bond acceptors (Lipinski definition) is 13. The Morgan fingerprint density at radius 3 is 2.12 bits per heavy atom. The molecule has 0 radical (unpaired) electrons. The van der Waals surface area contributed by atoms with Crippen LogP contribution >= 0.6 is 0 Å². The molecule has 1 aliphatic heterocycles. The highest BCUT2D eigenvalue weighted by Gasteiger charge is 2.46. The molecule has 0 bridgehead atoms. The molecule has 13 heteroatoms. The van der Waals surface area contributed by atoms with Gasteiger partial charge in [0.2, 0.25) is 12.1 Å². The molecule has 220 valence electrons. The molecule has 3 aromatic rings. The van der Waals surface area contributed by atoms with E-state index in [1.54, 1.807) is 0 Å². The number of ether oxygens (including phenoxy) is 2. The Bertz CT molecular complexity index is 1660. The topological polar surface area (TPSA) is 232 Å². The molecule has 5 atom stereocenters. The molecule has 5 rings (SSSR count). The quantitative estimate of drug-likeness (QED) is 0.151. The smallest absolute Gasteiger partial charge is 0.229 e. The van der Waals surface area contributed by atoms with E-state index < -0.39 is 106 Å². The van der Waals surface area contributed by atoms with Gasteiger partial charge in [0.1, 0.15) is 58.7 Å². The Labute approximate surface area is 237 Å². The number of phenolic OH excluding ortho intramolecular Hbond substituents is 4. The van der Waals surface area contributed by atoms with Crippen LogP contribution in [0.25, 0.3) is 11.1 Å². The lowest BCUT2D eigenvalue weighted by atomic mass is 9.77. The fourth-order valence-electron chi connectivity index (χ4n) is 5.42. The monoisotopic (exact) mass is 582 g/mol. The molecule has 13 nitrogen and oxygen atoms in total. The Morgan fingerprint density at radius 1 is 0.810 bits per heavy atom. The summed E-state index contributed by atoms with van der Waals surface area (Å²) in [7, 11) is 0. The molecule has 0 unspecified atom stereocenters. The molecule has 3 aromatic carbocycles. The summed E-state index contributed by atoms with van der Waals surface area (Å²) < 4.78 is 11.2. The van der Waals surface area contributed by atoms with Gasteiger partial charge in [0, 0.05) is 22.8 Å². The van der Waals surface area contributed by atoms with Crippen molar-refractivity contribution >= 4 is 17.3 Å². The summed E-state index contributed by atoms with van der Waals surface area (Å²) >= 11 is 0. The summed E-state index contributed by atoms with van der Waals surface area (Å²) in [5.41, 5.74) is -2.55. The summed E-state index contributed by atoms with van der Waals surface area (Å²) in [5, 5.41) is 83.5. The molecular formula is C29H26O13. The molecule has 0 saturated carbocycles. The van der Waals surface area contributed by atoms with E-state index in [0.29, 0.717) is 0 Å². The van der Waals surface area contributed by atoms with Crippen molar-refractivity contribution in [2.45, 2.75) is 44.6 Å². The standard InChI is InChI=1S/C29H26O13/c1-9-6-13(33)20-22(23(36)11-4-3-5-12(32)19(11)25(20)38)17(9)21-15(35)7-14(34)18(10(2)31)28(21)42-29-27(40)26(39)24(37)16(8-30)41-29/h3-7,16,24,26-27,29-30,32-35,37,39-40H,8H2,1-2H3/t16-,24-,26+,27-,29+/m1/s1. The van der Waals surface area contributed by atoms with E-state index in [0.717, 1.165) is 19.1 Å². The average Bonchev–Trinajstić information content (AvgIpc) is 2.92. The van der Waals surface area contributed by atoms with E-state index in [1.807, 2.05) is 0 Å². The van der Waals surface area contributed by atoms with Crippen LogP contribution in [-0.2, 0) is 4.74 Å². The van der Waals surface area contributed by atoms with Crippen LogP contribution < -0.4 is 4.74 Å². The van der Waals surface area contributed by atoms with Crippen LogP contribution in [0.2, 0.25) is 0 Å². The zero-order valence-electron chi connectivity index (χ0n) is 22.1. The maximum atomic E-state index is 13.8. The first-order chi connectivity index (χ1) is 19.8. The van der Waals surface area contributed by atoms with E-state index in [9.17, 15) is 55.2 Å². The van der Waals surface area contributed by atoms with Crippen LogP contribution in [0.1, 0.15) is 54.7 Å². The molecule has 1 heterocycles. The number of fused-ring (bicyclic) bond motifs is 2. The third-order valence-corrected chi connectivity index (χ3v) is 7.40. The van der Waals surface area contributed by atoms with Crippen molar-refractivity contribution in [2.24, 2.45) is 0 Å². The Morgan fingerprint density at radius 2 is 1.48 bits per heavy atom. The number of benzene rings is 3. The number of rotatable bonds is 5. The molecule has 1 fully saturated rings. The number of hydrogen-bond donors (Lipinski definition) is 8. The Balaban J connectivity index is 1.81. The normalized spacial score (nSPS) is 23.3. The molecule has 42 heavy (non-hydrogen) atoms. The second kappa shape index (κ2) is 10.4. The van der Waals surface area contributed by atoms with Gasteiger partial charge in [-0.3, -0.25) is 14.4 Å². The van der Waals surface area contributed by atoms with Crippen molar-refractivity contribution in [1.82, 2.24) is 0 Å². The van der Waals surface area contributed by atoms with Gasteiger partial charge in [-0.05, 0) is 31.5 Å². The highest BCUT2D eigenvalue weighted by atomic mass is 16.7. The maximum Gasteiger partial charge on any atom is 0.229 e. The minimum absolute atomic E-state index is 0.102. The molecule has 0 aromatic heterocycles. The van der Waals surface area contributed by atoms with Crippen molar-refractivity contribution in [3.05, 3.63) is 63.7 Å². The first-order valence-electron chi connectivity index (χ1n) is 12.6. The van der Waals surface area contributed by atoms with Crippen molar-refractivity contribution in [3.63, 3.8) is 0 Å². The van der Waals surface area contributed by atoms with Gasteiger partial charge in [0.05, 0.1) is 23.3 Å². The molecule has 1 saturated heterocycles. The minimum Gasteiger partial charge on any atom is -0.507 e. The molecule has 0 spiro atoms. The number of aromatic hydroxyl groups is 4. The van der Waals surface area contributed by atoms with Gasteiger partial charge in [0.25, 0.3) is 0 Å². The molecular weight excluding hydrogens is 556 g/mol. The van der Waals surface area contributed by atoms with E-state index >= 15 is 0 Å². The number of carbonyl (C=O) groups is 3. The second-order valence-corrected chi connectivity index (χ2v) is 10.1. The largest absolute Gasteiger partial charge is 0.507 e. The molecule has 1 aliphatic carbocycles. The summed E-state index contributed by atoms with van der Waals surface area (Å²) in [6.45, 7) is 1.65. The van der Waals surface area contributed by atoms with Crippen LogP contribution in [0, 0.1) is 6.92 Å². The Kier molecular flexibility index (Phi) is 7.17. The highest BCUT2D eigenvalue weighted by Crippen LogP contribution is 2.51. The predicted molar refractivity (Wildman–Crippen MR) is 141 cm³/mol. The van der Waals surface area contributed by atoms with Crippen molar-refractivity contribution < 1.29 is 64.7 Å². The van der Waals surface area contributed by atoms with Crippen LogP contribution in [0.3, 0.4) is 0 Å². The lowest BCUT2D eigenvalue weighted by Gasteiger charge is -2.40. The van der Waals surface area contributed by atoms with Crippen LogP contribution in [-0.4, -0.2) is 95.5 Å². The zero-order chi connectivity index (χ0) is 30.8. The summed E-state index contributed by atoms with van der Waals surface area (Å²) in [5.74, 6) is -5.83. The zero-order valence-corrected chi connectivity index (χ0v) is 22.1. The van der Waals surface area contributed by atoms with E-state index in [4.69, 9.17) is 9.47 Å². The number of carbonyl (C=O) groups excluding carboxylic acids is 3. The van der Waals surface area contributed by atoms with Gasteiger partial charge in [-0.2, -0.15) is 0 Å². The maximum absolute atomic E-state index is 13.8. The summed E-state index contributed by atoms with van der Waals surface area (Å²) in [4.78, 5) is 40.1. The van der Waals surface area contributed by atoms with Crippen molar-refractivity contribution in [1.29, 1.82) is 0 Å². The van der Waals surface area contributed by atoms with Crippen molar-refractivity contribution in [3.8, 4) is 39.9 Å². The molecule has 2 aliphatic rings. The first-order valence-corrected chi connectivity index (χ1v) is 12.6. The van der Waals surface area contributed by atoms with E-state index in [-0.39, 0.29) is 22.3 Å². The first kappa shape index (κ1) is 29.0. The van der Waals surface area contributed by atoms with Gasteiger partial charge < -0.3 is 50.3 Å². The predicted octanol–water partition coefficient (Wildman–Crippen LogP) is 0.641. The number of aryl methyl sites for hydroxylation is 1. The fourth-order valence-corrected chi connectivity index (χ4v) is 5.42. The lowest BCUT2D eigenvalue weighted by molar-refractivity contribution is -0.277. The average molecular weight is 583 g/mol. The number of phenols is 4. The molecule has 0 amide bonds. The number of aliphatic hydroxyl groups is 4. The third-order valence-electron chi connectivity index (χ3n) is 7.40. The van der Waals surface area contributed by atoms with Crippen molar-refractivity contribution in [2.75, 3.05) is 6.61 Å². The fraction of sp³-hybridized carbons (Fsp3) is 0.276. The molecule has 8 N–H and O–H groups in total. The van der Waals surface area contributed by atoms with Crippen LogP contribution in [0.15, 0.2) is 30.3 Å². The lowest BCUT2D eigenvalue weighted by Crippen LogP contribution is -2.60. The van der Waals surface area contributed by atoms with Crippen LogP contribution in [0.5, 0.6) is 28.7 Å². The van der Waals surface area contributed by atoms with Crippen LogP contribution in [0.4, 0.5) is 0 Å². The summed E-state index contributed by atoms with van der Waals surface area (Å²) in [6.07, 6.45) is -8.91. The highest BCUT2D eigenvalue weighted by molar-refractivity contribution is 6.32. The summed E-state index contributed by atoms with van der Waals surface area (Å²) in [6, 6.07) is 5.71. The van der Waals surface area contributed by atoms with Gasteiger partial charge in [-0.15, -0.1) is 0 Å². The third kappa shape index (κ3) is 4.26.